The lowest BCUT2D eigenvalue weighted by Gasteiger charge is -2.30. The quantitative estimate of drug-likeness (QED) is 0.440. The van der Waals surface area contributed by atoms with Crippen molar-refractivity contribution in [3.63, 3.8) is 0 Å². The zero-order valence-corrected chi connectivity index (χ0v) is 16.8. The third-order valence-corrected chi connectivity index (χ3v) is 5.75. The number of pyridine rings is 2. The first-order chi connectivity index (χ1) is 15.2. The van der Waals surface area contributed by atoms with Gasteiger partial charge in [-0.25, -0.2) is 19.0 Å². The van der Waals surface area contributed by atoms with Gasteiger partial charge in [0, 0.05) is 36.8 Å². The van der Waals surface area contributed by atoms with Crippen molar-refractivity contribution in [3.8, 4) is 5.69 Å². The molecule has 4 aromatic heterocycles. The zero-order chi connectivity index (χ0) is 20.9. The molecule has 0 spiro atoms. The summed E-state index contributed by atoms with van der Waals surface area (Å²) in [7, 11) is 0. The molecule has 7 nitrogen and oxygen atoms in total. The Kier molecular flexibility index (Phi) is 3.92. The van der Waals surface area contributed by atoms with Gasteiger partial charge in [-0.05, 0) is 48.9 Å². The number of rotatable bonds is 2. The summed E-state index contributed by atoms with van der Waals surface area (Å²) in [6, 6.07) is 10.7. The molecule has 5 heterocycles. The van der Waals surface area contributed by atoms with Crippen molar-refractivity contribution in [3.05, 3.63) is 77.9 Å². The van der Waals surface area contributed by atoms with E-state index in [0.717, 1.165) is 63.4 Å². The van der Waals surface area contributed by atoms with Crippen LogP contribution in [0.1, 0.15) is 17.0 Å². The predicted octanol–water partition coefficient (Wildman–Crippen LogP) is 3.77. The summed E-state index contributed by atoms with van der Waals surface area (Å²) in [5.41, 5.74) is 6.51. The fraction of sp³-hybridized carbons (Fsp3) is 0.174. The van der Waals surface area contributed by atoms with E-state index in [1.807, 2.05) is 29.9 Å². The summed E-state index contributed by atoms with van der Waals surface area (Å²) in [5, 5.41) is 5.39. The highest BCUT2D eigenvalue weighted by Crippen LogP contribution is 2.29. The predicted molar refractivity (Wildman–Crippen MR) is 116 cm³/mol. The minimum Gasteiger partial charge on any atom is -0.351 e. The summed E-state index contributed by atoms with van der Waals surface area (Å²) in [6.07, 6.45) is 5.96. The van der Waals surface area contributed by atoms with Crippen LogP contribution in [0.2, 0.25) is 0 Å². The molecule has 0 fully saturated rings. The van der Waals surface area contributed by atoms with Gasteiger partial charge in [0.1, 0.15) is 23.5 Å². The summed E-state index contributed by atoms with van der Waals surface area (Å²) < 4.78 is 15.8. The van der Waals surface area contributed by atoms with Gasteiger partial charge in [0.2, 0.25) is 0 Å². The number of benzene rings is 1. The van der Waals surface area contributed by atoms with E-state index < -0.39 is 0 Å². The lowest BCUT2D eigenvalue weighted by atomic mass is 10.0. The zero-order valence-electron chi connectivity index (χ0n) is 16.8. The highest BCUT2D eigenvalue weighted by Gasteiger charge is 2.22. The number of fused-ring (bicyclic) bond motifs is 3. The van der Waals surface area contributed by atoms with Crippen molar-refractivity contribution in [1.29, 1.82) is 0 Å². The van der Waals surface area contributed by atoms with Crippen molar-refractivity contribution < 1.29 is 4.39 Å². The van der Waals surface area contributed by atoms with Crippen LogP contribution in [0, 0.1) is 12.7 Å². The normalized spacial score (nSPS) is 13.7. The fourth-order valence-corrected chi connectivity index (χ4v) is 4.27. The highest BCUT2D eigenvalue weighted by molar-refractivity contribution is 5.89. The highest BCUT2D eigenvalue weighted by atomic mass is 19.1. The van der Waals surface area contributed by atoms with E-state index in [4.69, 9.17) is 4.98 Å². The molecule has 0 aliphatic carbocycles. The van der Waals surface area contributed by atoms with Crippen molar-refractivity contribution in [1.82, 2.24) is 29.7 Å². The van der Waals surface area contributed by atoms with Crippen molar-refractivity contribution in [2.45, 2.75) is 19.9 Å². The average molecular weight is 411 g/mol. The topological polar surface area (TPSA) is 72.6 Å². The fourth-order valence-electron chi connectivity index (χ4n) is 4.27. The first kappa shape index (κ1) is 17.9. The van der Waals surface area contributed by atoms with E-state index in [1.54, 1.807) is 12.3 Å². The number of aromatic nitrogens is 6. The molecule has 0 bridgehead atoms. The smallest absolute Gasteiger partial charge is 0.140 e. The lowest BCUT2D eigenvalue weighted by Crippen LogP contribution is -2.32. The Balaban J connectivity index is 1.42. The van der Waals surface area contributed by atoms with E-state index in [9.17, 15) is 4.39 Å². The molecular formula is C23H18FN7. The van der Waals surface area contributed by atoms with Gasteiger partial charge in [-0.1, -0.05) is 0 Å². The van der Waals surface area contributed by atoms with Gasteiger partial charge < -0.3 is 4.90 Å². The molecule has 1 aliphatic rings. The molecule has 0 unspecified atom stereocenters. The molecule has 1 aliphatic heterocycles. The van der Waals surface area contributed by atoms with Gasteiger partial charge in [0.15, 0.2) is 0 Å². The Bertz CT molecular complexity index is 1460. The van der Waals surface area contributed by atoms with Gasteiger partial charge >= 0.3 is 0 Å². The number of hydrogen-bond acceptors (Lipinski definition) is 6. The Morgan fingerprint density at radius 2 is 1.97 bits per heavy atom. The minimum atomic E-state index is -0.292. The van der Waals surface area contributed by atoms with Crippen LogP contribution in [-0.4, -0.2) is 36.3 Å². The van der Waals surface area contributed by atoms with Crippen LogP contribution in [0.3, 0.4) is 0 Å². The molecule has 0 N–H and O–H groups in total. The largest absolute Gasteiger partial charge is 0.351 e. The first-order valence-electron chi connectivity index (χ1n) is 10.1. The van der Waals surface area contributed by atoms with E-state index in [0.29, 0.717) is 6.54 Å². The maximum Gasteiger partial charge on any atom is 0.140 e. The van der Waals surface area contributed by atoms with Crippen molar-refractivity contribution in [2.75, 3.05) is 11.4 Å². The molecule has 31 heavy (non-hydrogen) atoms. The van der Waals surface area contributed by atoms with Crippen LogP contribution >= 0.6 is 0 Å². The molecule has 152 valence electrons. The van der Waals surface area contributed by atoms with E-state index in [1.165, 1.54) is 18.5 Å². The Hall–Kier alpha value is -3.94. The SMILES string of the molecule is Cc1nn(-c2cnc3c(c2)CN(c2ncnc4ccc(F)cc24)CC3)c2cccnc12. The molecule has 1 aromatic carbocycles. The second-order valence-corrected chi connectivity index (χ2v) is 7.70. The first-order valence-corrected chi connectivity index (χ1v) is 10.1. The molecule has 0 radical (unpaired) electrons. The standard InChI is InChI=1S/C23H18FN7/c1-14-22-21(3-2-7-25-22)31(29-14)17-9-15-12-30(8-6-19(15)26-11-17)23-18-10-16(24)4-5-20(18)27-13-28-23/h2-5,7,9-11,13H,6,8,12H2,1H3. The van der Waals surface area contributed by atoms with Gasteiger partial charge in [0.05, 0.1) is 28.6 Å². The van der Waals surface area contributed by atoms with Crippen LogP contribution in [0.4, 0.5) is 10.2 Å². The van der Waals surface area contributed by atoms with E-state index >= 15 is 0 Å². The van der Waals surface area contributed by atoms with Crippen LogP contribution in [-0.2, 0) is 13.0 Å². The van der Waals surface area contributed by atoms with Crippen molar-refractivity contribution >= 4 is 27.8 Å². The van der Waals surface area contributed by atoms with Crippen LogP contribution in [0.15, 0.2) is 55.1 Å². The third kappa shape index (κ3) is 2.91. The maximum atomic E-state index is 13.9. The molecule has 0 saturated carbocycles. The molecule has 0 atom stereocenters. The molecule has 6 rings (SSSR count). The van der Waals surface area contributed by atoms with Crippen molar-refractivity contribution in [2.24, 2.45) is 0 Å². The number of anilines is 1. The van der Waals surface area contributed by atoms with Crippen LogP contribution in [0.25, 0.3) is 27.6 Å². The van der Waals surface area contributed by atoms with Gasteiger partial charge in [-0.15, -0.1) is 0 Å². The molecule has 8 heteroatoms. The minimum absolute atomic E-state index is 0.292. The maximum absolute atomic E-state index is 13.9. The second-order valence-electron chi connectivity index (χ2n) is 7.70. The Morgan fingerprint density at radius 1 is 1.03 bits per heavy atom. The van der Waals surface area contributed by atoms with Crippen LogP contribution in [0.5, 0.6) is 0 Å². The summed E-state index contributed by atoms with van der Waals surface area (Å²) >= 11 is 0. The molecule has 0 amide bonds. The van der Waals surface area contributed by atoms with E-state index in [2.05, 4.69) is 31.0 Å². The lowest BCUT2D eigenvalue weighted by molar-refractivity contribution is 0.629. The van der Waals surface area contributed by atoms with Gasteiger partial charge in [-0.2, -0.15) is 5.10 Å². The summed E-state index contributed by atoms with van der Waals surface area (Å²) in [5.74, 6) is 0.449. The molecular weight excluding hydrogens is 393 g/mol. The molecule has 0 saturated heterocycles. The number of nitrogens with zero attached hydrogens (tertiary/aromatic N) is 7. The molecule has 5 aromatic rings. The average Bonchev–Trinajstić information content (AvgIpc) is 3.14. The number of hydrogen-bond donors (Lipinski definition) is 0. The summed E-state index contributed by atoms with van der Waals surface area (Å²) in [6.45, 7) is 3.35. The Morgan fingerprint density at radius 3 is 2.90 bits per heavy atom. The Labute approximate surface area is 177 Å². The number of halogens is 1. The monoisotopic (exact) mass is 411 g/mol. The van der Waals surface area contributed by atoms with Gasteiger partial charge in [-0.3, -0.25) is 9.97 Å². The van der Waals surface area contributed by atoms with Crippen LogP contribution < -0.4 is 4.90 Å². The number of aryl methyl sites for hydroxylation is 1. The van der Waals surface area contributed by atoms with Gasteiger partial charge in [0.25, 0.3) is 0 Å². The van der Waals surface area contributed by atoms with E-state index in [-0.39, 0.29) is 5.82 Å². The second kappa shape index (κ2) is 6.80. The summed E-state index contributed by atoms with van der Waals surface area (Å²) in [4.78, 5) is 20.1. The third-order valence-electron chi connectivity index (χ3n) is 5.75.